The predicted molar refractivity (Wildman–Crippen MR) is 96.5 cm³/mol. The van der Waals surface area contributed by atoms with E-state index in [0.29, 0.717) is 0 Å². The molecule has 0 aliphatic heterocycles. The van der Waals surface area contributed by atoms with Crippen molar-refractivity contribution >= 4 is 16.6 Å². The maximum atomic E-state index is 4.50. The first-order valence-electron chi connectivity index (χ1n) is 8.65. The minimum atomic E-state index is 0.975. The zero-order valence-corrected chi connectivity index (χ0v) is 14.0. The monoisotopic (exact) mass is 299 g/mol. The van der Waals surface area contributed by atoms with Gasteiger partial charge >= 0.3 is 0 Å². The highest BCUT2D eigenvalue weighted by molar-refractivity contribution is 5.90. The van der Waals surface area contributed by atoms with Crippen LogP contribution in [0, 0.1) is 0 Å². The number of benzene rings is 1. The zero-order chi connectivity index (χ0) is 15.6. The van der Waals surface area contributed by atoms with Gasteiger partial charge in [0.15, 0.2) is 0 Å². The summed E-state index contributed by atoms with van der Waals surface area (Å²) in [5, 5.41) is 4.76. The molecule has 0 aliphatic rings. The molecular formula is C19H29N3. The van der Waals surface area contributed by atoms with Gasteiger partial charge in [-0.3, -0.25) is 4.98 Å². The standard InChI is InChI=1S/C19H29N3/c1-3-5-14-22(15-6-4-2)16-13-20-18-11-7-9-17-10-8-12-21-19(17)18/h7-12,20H,3-6,13-16H2,1-2H3. The first-order chi connectivity index (χ1) is 10.8. The lowest BCUT2D eigenvalue weighted by Crippen LogP contribution is -2.31. The Morgan fingerprint density at radius 1 is 0.955 bits per heavy atom. The molecule has 1 N–H and O–H groups in total. The van der Waals surface area contributed by atoms with E-state index in [-0.39, 0.29) is 0 Å². The van der Waals surface area contributed by atoms with Crippen LogP contribution in [0.4, 0.5) is 5.69 Å². The lowest BCUT2D eigenvalue weighted by molar-refractivity contribution is 0.275. The van der Waals surface area contributed by atoms with Crippen LogP contribution >= 0.6 is 0 Å². The molecule has 0 unspecified atom stereocenters. The highest BCUT2D eigenvalue weighted by Gasteiger charge is 2.05. The number of nitrogens with zero attached hydrogens (tertiary/aromatic N) is 2. The van der Waals surface area contributed by atoms with Crippen LogP contribution in [0.1, 0.15) is 39.5 Å². The van der Waals surface area contributed by atoms with Gasteiger partial charge in [0, 0.05) is 24.7 Å². The molecule has 0 amide bonds. The molecule has 0 spiro atoms. The zero-order valence-electron chi connectivity index (χ0n) is 14.0. The molecule has 22 heavy (non-hydrogen) atoms. The Hall–Kier alpha value is -1.61. The summed E-state index contributed by atoms with van der Waals surface area (Å²) >= 11 is 0. The molecule has 2 rings (SSSR count). The van der Waals surface area contributed by atoms with E-state index in [1.165, 1.54) is 44.2 Å². The van der Waals surface area contributed by atoms with Gasteiger partial charge in [-0.05, 0) is 38.1 Å². The van der Waals surface area contributed by atoms with E-state index < -0.39 is 0 Å². The fourth-order valence-corrected chi connectivity index (χ4v) is 2.69. The van der Waals surface area contributed by atoms with Gasteiger partial charge in [-0.2, -0.15) is 0 Å². The number of aromatic nitrogens is 1. The van der Waals surface area contributed by atoms with Crippen molar-refractivity contribution in [2.24, 2.45) is 0 Å². The Labute approximate surface area is 134 Å². The summed E-state index contributed by atoms with van der Waals surface area (Å²) in [5.41, 5.74) is 2.21. The van der Waals surface area contributed by atoms with Gasteiger partial charge in [-0.15, -0.1) is 0 Å². The lowest BCUT2D eigenvalue weighted by Gasteiger charge is -2.22. The third-order valence-electron chi connectivity index (χ3n) is 4.03. The molecule has 0 fully saturated rings. The average molecular weight is 299 g/mol. The van der Waals surface area contributed by atoms with Crippen LogP contribution in [-0.4, -0.2) is 36.1 Å². The van der Waals surface area contributed by atoms with Crippen molar-refractivity contribution < 1.29 is 0 Å². The Balaban J connectivity index is 1.89. The van der Waals surface area contributed by atoms with Crippen LogP contribution in [0.25, 0.3) is 10.9 Å². The van der Waals surface area contributed by atoms with Crippen molar-refractivity contribution in [2.45, 2.75) is 39.5 Å². The Kier molecular flexibility index (Phi) is 7.17. The van der Waals surface area contributed by atoms with E-state index in [1.54, 1.807) is 0 Å². The average Bonchev–Trinajstić information content (AvgIpc) is 2.57. The number of unbranched alkanes of at least 4 members (excludes halogenated alkanes) is 2. The van der Waals surface area contributed by atoms with Crippen molar-refractivity contribution in [3.8, 4) is 0 Å². The topological polar surface area (TPSA) is 28.2 Å². The van der Waals surface area contributed by atoms with E-state index in [9.17, 15) is 0 Å². The second kappa shape index (κ2) is 9.42. The molecule has 1 aromatic carbocycles. The van der Waals surface area contributed by atoms with E-state index >= 15 is 0 Å². The Morgan fingerprint density at radius 2 is 1.68 bits per heavy atom. The third kappa shape index (κ3) is 4.99. The largest absolute Gasteiger partial charge is 0.382 e. The van der Waals surface area contributed by atoms with E-state index in [2.05, 4.69) is 53.3 Å². The maximum Gasteiger partial charge on any atom is 0.0933 e. The van der Waals surface area contributed by atoms with Crippen molar-refractivity contribution in [1.82, 2.24) is 9.88 Å². The number of anilines is 1. The van der Waals surface area contributed by atoms with E-state index in [4.69, 9.17) is 0 Å². The molecule has 0 aliphatic carbocycles. The van der Waals surface area contributed by atoms with E-state index in [0.717, 1.165) is 24.3 Å². The van der Waals surface area contributed by atoms with Gasteiger partial charge in [-0.25, -0.2) is 0 Å². The van der Waals surface area contributed by atoms with Gasteiger partial charge in [0.25, 0.3) is 0 Å². The van der Waals surface area contributed by atoms with Crippen molar-refractivity contribution in [2.75, 3.05) is 31.5 Å². The summed E-state index contributed by atoms with van der Waals surface area (Å²) in [6.45, 7) is 9.03. The first kappa shape index (κ1) is 16.8. The Bertz CT molecular complexity index is 540. The van der Waals surface area contributed by atoms with Crippen LogP contribution in [0.5, 0.6) is 0 Å². The summed E-state index contributed by atoms with van der Waals surface area (Å²) < 4.78 is 0. The molecule has 0 atom stereocenters. The second-order valence-electron chi connectivity index (χ2n) is 5.86. The second-order valence-corrected chi connectivity index (χ2v) is 5.86. The minimum absolute atomic E-state index is 0.975. The number of fused-ring (bicyclic) bond motifs is 1. The van der Waals surface area contributed by atoms with Gasteiger partial charge in [0.1, 0.15) is 0 Å². The van der Waals surface area contributed by atoms with Crippen molar-refractivity contribution in [3.63, 3.8) is 0 Å². The summed E-state index contributed by atoms with van der Waals surface area (Å²) in [6.07, 6.45) is 6.98. The van der Waals surface area contributed by atoms with Crippen molar-refractivity contribution in [3.05, 3.63) is 36.5 Å². The predicted octanol–water partition coefficient (Wildman–Crippen LogP) is 4.55. The van der Waals surface area contributed by atoms with Crippen LogP contribution in [0.3, 0.4) is 0 Å². The lowest BCUT2D eigenvalue weighted by atomic mass is 10.2. The molecule has 0 saturated heterocycles. The molecule has 1 heterocycles. The van der Waals surface area contributed by atoms with Gasteiger partial charge in [0.05, 0.1) is 11.2 Å². The highest BCUT2D eigenvalue weighted by Crippen LogP contribution is 2.20. The number of nitrogens with one attached hydrogen (secondary N) is 1. The van der Waals surface area contributed by atoms with Crippen LogP contribution in [0.15, 0.2) is 36.5 Å². The fraction of sp³-hybridized carbons (Fsp3) is 0.526. The van der Waals surface area contributed by atoms with Crippen LogP contribution < -0.4 is 5.32 Å². The number of rotatable bonds is 10. The molecule has 3 nitrogen and oxygen atoms in total. The number of pyridine rings is 1. The fourth-order valence-electron chi connectivity index (χ4n) is 2.69. The molecular weight excluding hydrogens is 270 g/mol. The maximum absolute atomic E-state index is 4.50. The minimum Gasteiger partial charge on any atom is -0.382 e. The molecule has 0 saturated carbocycles. The number of hydrogen-bond acceptors (Lipinski definition) is 3. The molecule has 120 valence electrons. The number of hydrogen-bond donors (Lipinski definition) is 1. The van der Waals surface area contributed by atoms with Gasteiger partial charge < -0.3 is 10.2 Å². The molecule has 0 bridgehead atoms. The summed E-state index contributed by atoms with van der Waals surface area (Å²) in [5.74, 6) is 0. The van der Waals surface area contributed by atoms with Crippen LogP contribution in [0.2, 0.25) is 0 Å². The van der Waals surface area contributed by atoms with Gasteiger partial charge in [0.2, 0.25) is 0 Å². The van der Waals surface area contributed by atoms with E-state index in [1.807, 2.05) is 12.3 Å². The molecule has 1 aromatic heterocycles. The van der Waals surface area contributed by atoms with Gasteiger partial charge in [-0.1, -0.05) is 44.9 Å². The van der Waals surface area contributed by atoms with Crippen LogP contribution in [-0.2, 0) is 0 Å². The summed E-state index contributed by atoms with van der Waals surface area (Å²) in [4.78, 5) is 7.08. The van der Waals surface area contributed by atoms with Crippen molar-refractivity contribution in [1.29, 1.82) is 0 Å². The first-order valence-corrected chi connectivity index (χ1v) is 8.65. The SMILES string of the molecule is CCCCN(CCCC)CCNc1cccc2cccnc12. The third-order valence-corrected chi connectivity index (χ3v) is 4.03. The quantitative estimate of drug-likeness (QED) is 0.697. The number of para-hydroxylation sites is 1. The molecule has 3 heteroatoms. The molecule has 2 aromatic rings. The Morgan fingerprint density at radius 3 is 2.41 bits per heavy atom. The normalized spacial score (nSPS) is 11.2. The highest BCUT2D eigenvalue weighted by atomic mass is 15.1. The summed E-state index contributed by atoms with van der Waals surface area (Å²) in [6, 6.07) is 10.4. The summed E-state index contributed by atoms with van der Waals surface area (Å²) in [7, 11) is 0. The molecule has 0 radical (unpaired) electrons. The smallest absolute Gasteiger partial charge is 0.0933 e.